The van der Waals surface area contributed by atoms with Crippen LogP contribution in [-0.2, 0) is 42.9 Å². The monoisotopic (exact) mass is 1180 g/mol. The Morgan fingerprint density at radius 3 is 1.86 bits per heavy atom. The summed E-state index contributed by atoms with van der Waals surface area (Å²) in [6.45, 7) is 16.1. The topological polar surface area (TPSA) is 215 Å². The van der Waals surface area contributed by atoms with E-state index < -0.39 is 106 Å². The van der Waals surface area contributed by atoms with Gasteiger partial charge < -0.3 is 44.7 Å². The quantitative estimate of drug-likeness (QED) is 0.0441. The number of aliphatic hydroxyl groups is 4. The Kier molecular flexibility index (Phi) is 22.8. The normalized spacial score (nSPS) is 31.0. The molecule has 4 aliphatic rings. The molecule has 14 nitrogen and oxygen atoms in total. The second kappa shape index (κ2) is 26.1. The number of amides is 1. The summed E-state index contributed by atoms with van der Waals surface area (Å²) in [6.07, 6.45) is 20.9. The molecular formula is C54H79AcNO13. The molecule has 69 heavy (non-hydrogen) atoms. The van der Waals surface area contributed by atoms with Crippen molar-refractivity contribution in [2.45, 2.75) is 194 Å². The summed E-state index contributed by atoms with van der Waals surface area (Å²) in [4.78, 5) is 68.5. The summed E-state index contributed by atoms with van der Waals surface area (Å²) in [5, 5.41) is 51.5. The molecule has 1 saturated heterocycles. The molecule has 1 radical (unpaired) electrons. The minimum Gasteiger partial charge on any atom is -0.455 e. The van der Waals surface area contributed by atoms with E-state index in [0.29, 0.717) is 12.8 Å². The number of hydrogen-bond donors (Lipinski definition) is 5. The predicted octanol–water partition coefficient (Wildman–Crippen LogP) is 7.10. The van der Waals surface area contributed by atoms with E-state index in [1.807, 2.05) is 39.0 Å². The Bertz CT molecular complexity index is 2030. The van der Waals surface area contributed by atoms with E-state index in [2.05, 4.69) is 66.9 Å². The van der Waals surface area contributed by atoms with Crippen LogP contribution in [-0.4, -0.2) is 110 Å². The van der Waals surface area contributed by atoms with Gasteiger partial charge >= 0.3 is 17.9 Å². The molecule has 0 aromatic carbocycles. The maximum atomic E-state index is 14.8. The SMILES string of the molecule is CC/C=C\C/C=C\C/C=C\C/C=C\C/C=C\C/C=C\CCC(=O)O[C@@H](C(=O)O[C@H]1CC2[C@H](O)[C@]3(OC(C)=O)[C@]4(O)CO[C@@H]4C[C@H](O)[C@@]3(C)C(=O)[C@H](O)C(=C1C)C2(C)C)[C@H](C)NC(=O)CC(C)(C)C.[Ac]. The molecule has 1 unspecified atom stereocenters. The number of rotatable bonds is 21. The van der Waals surface area contributed by atoms with Gasteiger partial charge in [0, 0.05) is 76.2 Å². The van der Waals surface area contributed by atoms with Crippen molar-refractivity contribution in [3.05, 3.63) is 84.1 Å². The standard InChI is InChI=1S/C54H79NO13.Ac/c1-11-12-13-14-15-16-17-18-19-20-21-22-23-24-25-26-27-28-29-30-43(59)67-46(36(3)55-42(58)33-50(5,6)7)49(63)66-39-31-38-47(61)54(68-37(4)56)52(10,40(57)32-41-53(54,64)34-65-41)48(62)45(60)44(35(39)2)51(38,8)9;/h12-13,15-16,18-19,21-22,24-25,27-28,36,38-41,45-47,57,60-61,64H,11,14,17,20,23,26,29-34H2,1-10H3,(H,55,58);/b13-12-,16-15-,19-18-,22-21-,25-24-,28-27-;/t36-,38?,39-,40-,41+,45+,46+,47-,52-,53-,54+;/m0./s1. The number of fused-ring (bicyclic) bond motifs is 5. The largest absolute Gasteiger partial charge is 0.455 e. The Labute approximate surface area is 445 Å². The molecule has 2 bridgehead atoms. The number of hydrogen-bond acceptors (Lipinski definition) is 13. The molecule has 1 amide bonds. The fourth-order valence-electron chi connectivity index (χ4n) is 10.5. The van der Waals surface area contributed by atoms with Crippen LogP contribution in [0.2, 0.25) is 0 Å². The Balaban J connectivity index is 0.0000126. The maximum absolute atomic E-state index is 14.8. The molecule has 15 heteroatoms. The van der Waals surface area contributed by atoms with Crippen LogP contribution >= 0.6 is 0 Å². The third-order valence-electron chi connectivity index (χ3n) is 14.1. The van der Waals surface area contributed by atoms with Crippen LogP contribution in [0.1, 0.15) is 140 Å². The molecule has 0 spiro atoms. The third kappa shape index (κ3) is 13.9. The minimum atomic E-state index is -2.51. The van der Waals surface area contributed by atoms with Crippen LogP contribution in [0, 0.1) is 66.2 Å². The first-order valence-corrected chi connectivity index (χ1v) is 24.3. The molecule has 2 saturated carbocycles. The van der Waals surface area contributed by atoms with Crippen molar-refractivity contribution in [1.29, 1.82) is 0 Å². The molecule has 1 aliphatic heterocycles. The van der Waals surface area contributed by atoms with Crippen LogP contribution in [0.5, 0.6) is 0 Å². The van der Waals surface area contributed by atoms with Gasteiger partial charge in [-0.05, 0) is 94.1 Å². The maximum Gasteiger partial charge on any atom is 0.350 e. The Morgan fingerprint density at radius 2 is 1.38 bits per heavy atom. The van der Waals surface area contributed by atoms with Gasteiger partial charge in [0.15, 0.2) is 17.0 Å². The van der Waals surface area contributed by atoms with Gasteiger partial charge in [-0.1, -0.05) is 114 Å². The molecule has 3 aliphatic carbocycles. The number of esters is 3. The Hall–Kier alpha value is -3.03. The molecule has 1 heterocycles. The average molecular weight is 1180 g/mol. The van der Waals surface area contributed by atoms with Gasteiger partial charge in [-0.2, -0.15) is 0 Å². The van der Waals surface area contributed by atoms with E-state index in [4.69, 9.17) is 18.9 Å². The van der Waals surface area contributed by atoms with Crippen LogP contribution in [0.3, 0.4) is 0 Å². The summed E-state index contributed by atoms with van der Waals surface area (Å²) in [5.41, 5.74) is -8.10. The van der Waals surface area contributed by atoms with Crippen LogP contribution in [0.15, 0.2) is 84.1 Å². The smallest absolute Gasteiger partial charge is 0.350 e. The van der Waals surface area contributed by atoms with Crippen molar-refractivity contribution in [1.82, 2.24) is 5.32 Å². The number of aliphatic hydroxyl groups excluding tert-OH is 3. The number of carbonyl (C=O) groups is 5. The zero-order valence-electron chi connectivity index (χ0n) is 42.6. The Morgan fingerprint density at radius 1 is 0.855 bits per heavy atom. The predicted molar refractivity (Wildman–Crippen MR) is 258 cm³/mol. The van der Waals surface area contributed by atoms with Crippen molar-refractivity contribution in [2.75, 3.05) is 6.61 Å². The summed E-state index contributed by atoms with van der Waals surface area (Å²) >= 11 is 0. The van der Waals surface area contributed by atoms with Crippen LogP contribution < -0.4 is 5.32 Å². The van der Waals surface area contributed by atoms with Crippen molar-refractivity contribution in [3.63, 3.8) is 0 Å². The summed E-state index contributed by atoms with van der Waals surface area (Å²) in [5.74, 6) is -5.17. The molecule has 5 N–H and O–H groups in total. The van der Waals surface area contributed by atoms with E-state index >= 15 is 0 Å². The van der Waals surface area contributed by atoms with Gasteiger partial charge in [0.05, 0.1) is 24.9 Å². The van der Waals surface area contributed by atoms with Gasteiger partial charge in [0.1, 0.15) is 23.7 Å². The van der Waals surface area contributed by atoms with Crippen molar-refractivity contribution in [2.24, 2.45) is 22.2 Å². The summed E-state index contributed by atoms with van der Waals surface area (Å²) < 4.78 is 23.4. The summed E-state index contributed by atoms with van der Waals surface area (Å²) in [6, 6.07) is -1.05. The van der Waals surface area contributed by atoms with Crippen molar-refractivity contribution in [3.8, 4) is 0 Å². The first kappa shape index (κ1) is 60.3. The second-order valence-corrected chi connectivity index (χ2v) is 20.8. The van der Waals surface area contributed by atoms with E-state index in [1.54, 1.807) is 20.8 Å². The third-order valence-corrected chi connectivity index (χ3v) is 14.1. The molecule has 381 valence electrons. The molecule has 0 aromatic rings. The minimum absolute atomic E-state index is 0. The van der Waals surface area contributed by atoms with Crippen LogP contribution in [0.25, 0.3) is 0 Å². The van der Waals surface area contributed by atoms with Crippen LogP contribution in [0.4, 0.5) is 0 Å². The number of carbonyl (C=O) groups excluding carboxylic acids is 5. The van der Waals surface area contributed by atoms with E-state index in [9.17, 15) is 44.4 Å². The van der Waals surface area contributed by atoms with Crippen molar-refractivity contribution >= 4 is 29.6 Å². The second-order valence-electron chi connectivity index (χ2n) is 20.8. The molecule has 0 aromatic heterocycles. The average Bonchev–Trinajstić information content (AvgIpc) is 3.24. The van der Waals surface area contributed by atoms with Gasteiger partial charge in [-0.15, -0.1) is 0 Å². The molecule has 11 atom stereocenters. The number of ketones is 1. The van der Waals surface area contributed by atoms with Gasteiger partial charge in [-0.25, -0.2) is 4.79 Å². The summed E-state index contributed by atoms with van der Waals surface area (Å²) in [7, 11) is 0. The first-order chi connectivity index (χ1) is 31.9. The molecule has 3 fully saturated rings. The van der Waals surface area contributed by atoms with Gasteiger partial charge in [0.2, 0.25) is 12.0 Å². The fourth-order valence-corrected chi connectivity index (χ4v) is 10.5. The van der Waals surface area contributed by atoms with E-state index in [0.717, 1.165) is 39.0 Å². The fraction of sp³-hybridized carbons (Fsp3) is 0.648. The first-order valence-electron chi connectivity index (χ1n) is 24.3. The van der Waals surface area contributed by atoms with Gasteiger partial charge in [0.25, 0.3) is 0 Å². The zero-order chi connectivity index (χ0) is 50.7. The van der Waals surface area contributed by atoms with E-state index in [1.165, 1.54) is 13.8 Å². The molecule has 4 rings (SSSR count). The number of nitrogens with one attached hydrogen (secondary N) is 1. The molecular weight excluding hydrogens is 1100 g/mol. The van der Waals surface area contributed by atoms with E-state index in [-0.39, 0.29) is 86.8 Å². The number of ether oxygens (including phenoxy) is 4. The number of Topliss-reactive ketones (excluding diaryl/α,β-unsaturated/α-hetero) is 1. The zero-order valence-corrected chi connectivity index (χ0v) is 47.3. The number of allylic oxidation sites excluding steroid dienone is 12. The van der Waals surface area contributed by atoms with Gasteiger partial charge in [-0.3, -0.25) is 19.2 Å². The van der Waals surface area contributed by atoms with Crippen molar-refractivity contribution < 1.29 is 107 Å².